The molecular formula is C27H34ClN5O6. The minimum absolute atomic E-state index is 0.0370. The van der Waals surface area contributed by atoms with Crippen LogP contribution in [0.25, 0.3) is 0 Å². The summed E-state index contributed by atoms with van der Waals surface area (Å²) in [4.78, 5) is 44.1. The molecule has 2 aliphatic heterocycles. The Morgan fingerprint density at radius 2 is 1.85 bits per heavy atom. The van der Waals surface area contributed by atoms with E-state index in [9.17, 15) is 14.4 Å². The van der Waals surface area contributed by atoms with Gasteiger partial charge in [-0.1, -0.05) is 29.8 Å². The molecule has 2 atom stereocenters. The summed E-state index contributed by atoms with van der Waals surface area (Å²) >= 11 is 6.16. The molecule has 0 saturated carbocycles. The molecule has 0 spiro atoms. The molecule has 0 unspecified atom stereocenters. The lowest BCUT2D eigenvalue weighted by atomic mass is 10.0. The highest BCUT2D eigenvalue weighted by Gasteiger charge is 2.35. The number of benzene rings is 2. The average Bonchev–Trinajstić information content (AvgIpc) is 3.29. The van der Waals surface area contributed by atoms with Gasteiger partial charge in [-0.05, 0) is 31.5 Å². The molecule has 0 aliphatic carbocycles. The van der Waals surface area contributed by atoms with Gasteiger partial charge in [0.1, 0.15) is 17.6 Å². The number of ether oxygens (including phenoxy) is 3. The summed E-state index contributed by atoms with van der Waals surface area (Å²) in [7, 11) is 1.44. The third kappa shape index (κ3) is 7.04. The van der Waals surface area contributed by atoms with E-state index in [0.717, 1.165) is 6.54 Å². The minimum atomic E-state index is -0.867. The molecule has 0 bridgehead atoms. The number of urea groups is 1. The maximum atomic E-state index is 13.2. The van der Waals surface area contributed by atoms with Crippen LogP contribution in [0.1, 0.15) is 23.7 Å². The van der Waals surface area contributed by atoms with Gasteiger partial charge in [0.2, 0.25) is 0 Å². The zero-order valence-electron chi connectivity index (χ0n) is 22.1. The van der Waals surface area contributed by atoms with Crippen molar-refractivity contribution in [1.29, 1.82) is 0 Å². The number of nitrogens with one attached hydrogen (secondary N) is 1. The van der Waals surface area contributed by atoms with Crippen molar-refractivity contribution in [3.8, 4) is 11.5 Å². The molecular weight excluding hydrogens is 526 g/mol. The van der Waals surface area contributed by atoms with Crippen molar-refractivity contribution in [1.82, 2.24) is 20.0 Å². The predicted molar refractivity (Wildman–Crippen MR) is 146 cm³/mol. The number of rotatable bonds is 9. The zero-order chi connectivity index (χ0) is 27.9. The lowest BCUT2D eigenvalue weighted by molar-refractivity contribution is -0.00143. The molecule has 39 heavy (non-hydrogen) atoms. The highest BCUT2D eigenvalue weighted by Crippen LogP contribution is 2.29. The van der Waals surface area contributed by atoms with Crippen molar-refractivity contribution in [2.45, 2.75) is 25.5 Å². The second-order valence-electron chi connectivity index (χ2n) is 9.41. The Bertz CT molecular complexity index is 1180. The Morgan fingerprint density at radius 3 is 2.54 bits per heavy atom. The van der Waals surface area contributed by atoms with Crippen LogP contribution >= 0.6 is 11.6 Å². The van der Waals surface area contributed by atoms with Gasteiger partial charge in [-0.25, -0.2) is 9.59 Å². The monoisotopic (exact) mass is 559 g/mol. The SMILES string of the molecule is CCN1CCN(CCN2CC[C@@H](NC(=O)c3cc(Cl)c(N)cc3OC)[C@@H](OC(=O)Oc3ccccc3)C2)C1=O. The van der Waals surface area contributed by atoms with Gasteiger partial charge in [0.05, 0.1) is 29.4 Å². The van der Waals surface area contributed by atoms with E-state index >= 15 is 0 Å². The number of amides is 3. The molecule has 2 saturated heterocycles. The highest BCUT2D eigenvalue weighted by molar-refractivity contribution is 6.33. The van der Waals surface area contributed by atoms with E-state index in [1.807, 2.05) is 22.8 Å². The molecule has 2 aromatic rings. The number of piperidine rings is 1. The fourth-order valence-electron chi connectivity index (χ4n) is 4.76. The van der Waals surface area contributed by atoms with E-state index in [0.29, 0.717) is 57.1 Å². The summed E-state index contributed by atoms with van der Waals surface area (Å²) in [6, 6.07) is 11.1. The molecule has 2 fully saturated rings. The number of hydrogen-bond donors (Lipinski definition) is 2. The first-order valence-electron chi connectivity index (χ1n) is 12.9. The summed E-state index contributed by atoms with van der Waals surface area (Å²) in [6.45, 7) is 6.22. The molecule has 2 heterocycles. The van der Waals surface area contributed by atoms with Crippen LogP contribution in [0.15, 0.2) is 42.5 Å². The minimum Gasteiger partial charge on any atom is -0.496 e. The molecule has 0 radical (unpaired) electrons. The molecule has 2 aromatic carbocycles. The number of nitrogens with two attached hydrogens (primary N) is 1. The van der Waals surface area contributed by atoms with Crippen LogP contribution in [0.5, 0.6) is 11.5 Å². The van der Waals surface area contributed by atoms with Gasteiger partial charge in [-0.3, -0.25) is 9.69 Å². The third-order valence-electron chi connectivity index (χ3n) is 6.96. The first kappa shape index (κ1) is 28.3. The van der Waals surface area contributed by atoms with Crippen LogP contribution in [0.3, 0.4) is 0 Å². The highest BCUT2D eigenvalue weighted by atomic mass is 35.5. The number of nitrogens with zero attached hydrogens (tertiary/aromatic N) is 3. The Balaban J connectivity index is 1.44. The number of halogens is 1. The fourth-order valence-corrected chi connectivity index (χ4v) is 4.92. The van der Waals surface area contributed by atoms with Gasteiger partial charge in [-0.2, -0.15) is 0 Å². The van der Waals surface area contributed by atoms with E-state index in [-0.39, 0.29) is 22.4 Å². The van der Waals surface area contributed by atoms with Crippen LogP contribution in [0.4, 0.5) is 15.3 Å². The number of anilines is 1. The van der Waals surface area contributed by atoms with Gasteiger partial charge < -0.3 is 35.1 Å². The number of nitrogen functional groups attached to an aromatic ring is 1. The van der Waals surface area contributed by atoms with Crippen molar-refractivity contribution in [2.24, 2.45) is 0 Å². The number of carbonyl (C=O) groups excluding carboxylic acids is 3. The van der Waals surface area contributed by atoms with Crippen LogP contribution < -0.4 is 20.5 Å². The topological polar surface area (TPSA) is 127 Å². The van der Waals surface area contributed by atoms with E-state index in [2.05, 4.69) is 10.2 Å². The van der Waals surface area contributed by atoms with Crippen molar-refractivity contribution < 1.29 is 28.6 Å². The standard InChI is InChI=1S/C27H34ClN5O6/c1-3-32-13-14-33(26(32)35)12-11-31-10-9-22(24(17-31)39-27(36)38-18-7-5-4-6-8-18)30-25(34)19-15-20(28)21(29)16-23(19)37-2/h4-8,15-16,22,24H,3,9-14,17,29H2,1-2H3,(H,30,34)/t22-,24+/m1/s1. The number of hydrogen-bond acceptors (Lipinski definition) is 8. The van der Waals surface area contributed by atoms with Gasteiger partial charge in [0, 0.05) is 51.9 Å². The molecule has 0 aromatic heterocycles. The first-order chi connectivity index (χ1) is 18.8. The van der Waals surface area contributed by atoms with E-state index in [4.69, 9.17) is 31.5 Å². The molecule has 2 aliphatic rings. The van der Waals surface area contributed by atoms with Gasteiger partial charge in [0.25, 0.3) is 5.91 Å². The first-order valence-corrected chi connectivity index (χ1v) is 13.3. The van der Waals surface area contributed by atoms with E-state index in [1.165, 1.54) is 19.2 Å². The third-order valence-corrected chi connectivity index (χ3v) is 7.29. The number of likely N-dealkylation sites (tertiary alicyclic amines) is 1. The number of para-hydroxylation sites is 1. The molecule has 11 nitrogen and oxygen atoms in total. The molecule has 12 heteroatoms. The van der Waals surface area contributed by atoms with Crippen LogP contribution in [0.2, 0.25) is 5.02 Å². The molecule has 4 rings (SSSR count). The smallest absolute Gasteiger partial charge is 0.496 e. The maximum Gasteiger partial charge on any atom is 0.514 e. The van der Waals surface area contributed by atoms with Crippen molar-refractivity contribution in [3.05, 3.63) is 53.1 Å². The number of likely N-dealkylation sites (N-methyl/N-ethyl adjacent to an activating group) is 1. The van der Waals surface area contributed by atoms with Crippen LogP contribution in [-0.2, 0) is 4.74 Å². The van der Waals surface area contributed by atoms with Crippen molar-refractivity contribution in [3.63, 3.8) is 0 Å². The largest absolute Gasteiger partial charge is 0.514 e. The van der Waals surface area contributed by atoms with Crippen LogP contribution in [-0.4, -0.2) is 97.9 Å². The quantitative estimate of drug-likeness (QED) is 0.273. The normalized spacial score (nSPS) is 19.6. The summed E-state index contributed by atoms with van der Waals surface area (Å²) in [5, 5.41) is 3.19. The summed E-state index contributed by atoms with van der Waals surface area (Å²) in [6.07, 6.45) is -1.06. The second kappa shape index (κ2) is 12.9. The summed E-state index contributed by atoms with van der Waals surface area (Å²) in [5.41, 5.74) is 6.37. The van der Waals surface area contributed by atoms with Gasteiger partial charge >= 0.3 is 12.2 Å². The van der Waals surface area contributed by atoms with Gasteiger partial charge in [-0.15, -0.1) is 0 Å². The second-order valence-corrected chi connectivity index (χ2v) is 9.82. The zero-order valence-corrected chi connectivity index (χ0v) is 22.9. The Labute approximate surface area is 232 Å². The lowest BCUT2D eigenvalue weighted by Crippen LogP contribution is -2.56. The maximum absolute atomic E-state index is 13.2. The Kier molecular flexibility index (Phi) is 9.36. The van der Waals surface area contributed by atoms with Crippen molar-refractivity contribution in [2.75, 3.05) is 58.7 Å². The average molecular weight is 560 g/mol. The number of carbonyl (C=O) groups is 3. The summed E-state index contributed by atoms with van der Waals surface area (Å²) < 4.78 is 16.4. The van der Waals surface area contributed by atoms with Gasteiger partial charge in [0.15, 0.2) is 0 Å². The molecule has 3 amide bonds. The number of methoxy groups -OCH3 is 1. The van der Waals surface area contributed by atoms with Crippen LogP contribution in [0, 0.1) is 0 Å². The fraction of sp³-hybridized carbons (Fsp3) is 0.444. The Hall–Kier alpha value is -3.70. The van der Waals surface area contributed by atoms with Crippen molar-refractivity contribution >= 4 is 35.4 Å². The molecule has 3 N–H and O–H groups in total. The molecule has 210 valence electrons. The predicted octanol–water partition coefficient (Wildman–Crippen LogP) is 3.08. The summed E-state index contributed by atoms with van der Waals surface area (Å²) in [5.74, 6) is 0.203. The van der Waals surface area contributed by atoms with E-state index < -0.39 is 24.2 Å². The van der Waals surface area contributed by atoms with E-state index in [1.54, 1.807) is 24.3 Å². The Morgan fingerprint density at radius 1 is 1.10 bits per heavy atom. The lowest BCUT2D eigenvalue weighted by Gasteiger charge is -2.38.